The van der Waals surface area contributed by atoms with Crippen molar-refractivity contribution in [1.29, 1.82) is 0 Å². The molecular weight excluding hydrogens is 217 g/mol. The highest BCUT2D eigenvalue weighted by atomic mass is 19.1. The maximum absolute atomic E-state index is 13.7. The van der Waals surface area contributed by atoms with Crippen molar-refractivity contribution in [2.45, 2.75) is 39.7 Å². The molecule has 0 amide bonds. The van der Waals surface area contributed by atoms with Crippen molar-refractivity contribution in [2.24, 2.45) is 11.7 Å². The largest absolute Gasteiger partial charge is 0.490 e. The van der Waals surface area contributed by atoms with Crippen molar-refractivity contribution >= 4 is 0 Å². The van der Waals surface area contributed by atoms with Gasteiger partial charge in [-0.05, 0) is 30.5 Å². The van der Waals surface area contributed by atoms with Crippen LogP contribution in [0.5, 0.6) is 5.75 Å². The Kier molecular flexibility index (Phi) is 5.42. The smallest absolute Gasteiger partial charge is 0.165 e. The number of halogens is 1. The quantitative estimate of drug-likeness (QED) is 0.822. The third-order valence-corrected chi connectivity index (χ3v) is 3.11. The molecule has 1 aromatic rings. The molecule has 2 nitrogen and oxygen atoms in total. The molecule has 0 aliphatic heterocycles. The summed E-state index contributed by atoms with van der Waals surface area (Å²) in [4.78, 5) is 0. The Hall–Kier alpha value is -1.09. The Morgan fingerprint density at radius 2 is 1.94 bits per heavy atom. The average Bonchev–Trinajstić information content (AvgIpc) is 2.31. The summed E-state index contributed by atoms with van der Waals surface area (Å²) < 4.78 is 19.2. The molecule has 96 valence electrons. The lowest BCUT2D eigenvalue weighted by atomic mass is 10.1. The van der Waals surface area contributed by atoms with Gasteiger partial charge in [0.05, 0.1) is 6.61 Å². The minimum atomic E-state index is -0.328. The van der Waals surface area contributed by atoms with Crippen LogP contribution in [0.3, 0.4) is 0 Å². The van der Waals surface area contributed by atoms with Crippen molar-refractivity contribution in [1.82, 2.24) is 0 Å². The van der Waals surface area contributed by atoms with Crippen LogP contribution >= 0.6 is 0 Å². The van der Waals surface area contributed by atoms with E-state index in [4.69, 9.17) is 10.5 Å². The van der Waals surface area contributed by atoms with Crippen molar-refractivity contribution in [3.63, 3.8) is 0 Å². The number of ether oxygens (including phenoxy) is 1. The molecule has 1 atom stereocenters. The van der Waals surface area contributed by atoms with Crippen molar-refractivity contribution in [3.8, 4) is 5.75 Å². The lowest BCUT2D eigenvalue weighted by molar-refractivity contribution is 0.231. The molecule has 0 fully saturated rings. The predicted octanol–water partition coefficient (Wildman–Crippen LogP) is 3.66. The summed E-state index contributed by atoms with van der Waals surface area (Å²) in [6, 6.07) is 4.77. The maximum Gasteiger partial charge on any atom is 0.165 e. The molecule has 0 saturated heterocycles. The molecule has 0 aliphatic rings. The fourth-order valence-electron chi connectivity index (χ4n) is 1.65. The molecule has 2 N–H and O–H groups in total. The lowest BCUT2D eigenvalue weighted by Crippen LogP contribution is -2.11. The van der Waals surface area contributed by atoms with E-state index in [2.05, 4.69) is 13.8 Å². The van der Waals surface area contributed by atoms with Gasteiger partial charge in [-0.3, -0.25) is 0 Å². The van der Waals surface area contributed by atoms with Crippen LogP contribution in [0.1, 0.15) is 45.2 Å². The Morgan fingerprint density at radius 1 is 1.29 bits per heavy atom. The average molecular weight is 239 g/mol. The zero-order valence-corrected chi connectivity index (χ0v) is 10.9. The summed E-state index contributed by atoms with van der Waals surface area (Å²) in [7, 11) is 0. The number of hydrogen-bond donors (Lipinski definition) is 1. The molecule has 0 saturated carbocycles. The molecule has 1 aromatic carbocycles. The van der Waals surface area contributed by atoms with Crippen LogP contribution in [-0.4, -0.2) is 6.61 Å². The number of nitrogens with two attached hydrogens (primary N) is 1. The fourth-order valence-corrected chi connectivity index (χ4v) is 1.65. The summed E-state index contributed by atoms with van der Waals surface area (Å²) >= 11 is 0. The number of rotatable bonds is 6. The highest BCUT2D eigenvalue weighted by Gasteiger charge is 2.09. The second-order valence-electron chi connectivity index (χ2n) is 4.47. The SMILES string of the molecule is CCC(CC)COc1ccc(C(C)N)cc1F. The van der Waals surface area contributed by atoms with E-state index in [9.17, 15) is 4.39 Å². The molecule has 1 unspecified atom stereocenters. The molecule has 0 aliphatic carbocycles. The van der Waals surface area contributed by atoms with Gasteiger partial charge in [0, 0.05) is 6.04 Å². The van der Waals surface area contributed by atoms with Crippen molar-refractivity contribution in [2.75, 3.05) is 6.61 Å². The van der Waals surface area contributed by atoms with Gasteiger partial charge in [0.15, 0.2) is 11.6 Å². The normalized spacial score (nSPS) is 12.8. The van der Waals surface area contributed by atoms with Crippen LogP contribution in [0.2, 0.25) is 0 Å². The first-order chi connectivity index (χ1) is 8.08. The Balaban J connectivity index is 2.66. The second-order valence-corrected chi connectivity index (χ2v) is 4.47. The zero-order valence-electron chi connectivity index (χ0n) is 10.9. The van der Waals surface area contributed by atoms with Gasteiger partial charge in [0.2, 0.25) is 0 Å². The van der Waals surface area contributed by atoms with E-state index in [0.717, 1.165) is 18.4 Å². The zero-order chi connectivity index (χ0) is 12.8. The van der Waals surface area contributed by atoms with Crippen LogP contribution in [0.4, 0.5) is 4.39 Å². The lowest BCUT2D eigenvalue weighted by Gasteiger charge is -2.15. The molecule has 17 heavy (non-hydrogen) atoms. The van der Waals surface area contributed by atoms with Gasteiger partial charge in [-0.1, -0.05) is 32.8 Å². The molecule has 0 spiro atoms. The minimum Gasteiger partial charge on any atom is -0.490 e. The molecule has 1 rings (SSSR count). The van der Waals surface area contributed by atoms with Crippen molar-refractivity contribution < 1.29 is 9.13 Å². The third-order valence-electron chi connectivity index (χ3n) is 3.11. The second kappa shape index (κ2) is 6.60. The summed E-state index contributed by atoms with van der Waals surface area (Å²) in [6.07, 6.45) is 2.10. The molecule has 0 bridgehead atoms. The van der Waals surface area contributed by atoms with E-state index in [1.807, 2.05) is 13.0 Å². The van der Waals surface area contributed by atoms with Gasteiger partial charge >= 0.3 is 0 Å². The topological polar surface area (TPSA) is 35.2 Å². The van der Waals surface area contributed by atoms with Gasteiger partial charge < -0.3 is 10.5 Å². The van der Waals surface area contributed by atoms with Crippen molar-refractivity contribution in [3.05, 3.63) is 29.6 Å². The van der Waals surface area contributed by atoms with Gasteiger partial charge in [0.25, 0.3) is 0 Å². The number of benzene rings is 1. The predicted molar refractivity (Wildman–Crippen MR) is 68.6 cm³/mol. The summed E-state index contributed by atoms with van der Waals surface area (Å²) in [5.41, 5.74) is 6.48. The Bertz CT molecular complexity index is 348. The fraction of sp³-hybridized carbons (Fsp3) is 0.571. The Morgan fingerprint density at radius 3 is 2.41 bits per heavy atom. The summed E-state index contributed by atoms with van der Waals surface area (Å²) in [5, 5.41) is 0. The Labute approximate surface area is 103 Å². The molecular formula is C14H22FNO. The van der Waals surface area contributed by atoms with Crippen LogP contribution in [0, 0.1) is 11.7 Å². The maximum atomic E-state index is 13.7. The van der Waals surface area contributed by atoms with E-state index >= 15 is 0 Å². The standard InChI is InChI=1S/C14H22FNO/c1-4-11(5-2)9-17-14-7-6-12(10(3)16)8-13(14)15/h6-8,10-11H,4-5,9,16H2,1-3H3. The summed E-state index contributed by atoms with van der Waals surface area (Å²) in [5.74, 6) is 0.481. The summed E-state index contributed by atoms with van der Waals surface area (Å²) in [6.45, 7) is 6.64. The monoisotopic (exact) mass is 239 g/mol. The number of hydrogen-bond acceptors (Lipinski definition) is 2. The first-order valence-corrected chi connectivity index (χ1v) is 6.26. The minimum absolute atomic E-state index is 0.155. The first kappa shape index (κ1) is 14.0. The van der Waals surface area contributed by atoms with Crippen LogP contribution < -0.4 is 10.5 Å². The van der Waals surface area contributed by atoms with Gasteiger partial charge in [-0.25, -0.2) is 4.39 Å². The van der Waals surface area contributed by atoms with E-state index in [1.165, 1.54) is 6.07 Å². The van der Waals surface area contributed by atoms with Gasteiger partial charge in [-0.2, -0.15) is 0 Å². The van der Waals surface area contributed by atoms with E-state index < -0.39 is 0 Å². The molecule has 0 radical (unpaired) electrons. The first-order valence-electron chi connectivity index (χ1n) is 6.26. The highest BCUT2D eigenvalue weighted by Crippen LogP contribution is 2.22. The van der Waals surface area contributed by atoms with E-state index in [0.29, 0.717) is 18.3 Å². The van der Waals surface area contributed by atoms with E-state index in [1.54, 1.807) is 6.07 Å². The molecule has 3 heteroatoms. The highest BCUT2D eigenvalue weighted by molar-refractivity contribution is 5.30. The van der Waals surface area contributed by atoms with Crippen LogP contribution in [0.15, 0.2) is 18.2 Å². The van der Waals surface area contributed by atoms with Crippen LogP contribution in [-0.2, 0) is 0 Å². The molecule has 0 heterocycles. The third kappa shape index (κ3) is 4.00. The van der Waals surface area contributed by atoms with Crippen LogP contribution in [0.25, 0.3) is 0 Å². The van der Waals surface area contributed by atoms with E-state index in [-0.39, 0.29) is 11.9 Å². The van der Waals surface area contributed by atoms with Gasteiger partial charge in [0.1, 0.15) is 0 Å². The van der Waals surface area contributed by atoms with Gasteiger partial charge in [-0.15, -0.1) is 0 Å². The molecule has 0 aromatic heterocycles.